The number of hydrogen-bond donors (Lipinski definition) is 1. The van der Waals surface area contributed by atoms with Gasteiger partial charge >= 0.3 is 0 Å². The molecule has 11 heavy (non-hydrogen) atoms. The molecule has 2 aliphatic heterocycles. The standard InChI is InChI=1S/C7H12BrNO2/c8-3-6-4-10-7(11-6)1-2-9-5-7/h6,9H,1-5H2. The van der Waals surface area contributed by atoms with E-state index in [-0.39, 0.29) is 11.9 Å². The highest BCUT2D eigenvalue weighted by Crippen LogP contribution is 2.29. The van der Waals surface area contributed by atoms with Gasteiger partial charge in [0.15, 0.2) is 5.79 Å². The predicted molar refractivity (Wildman–Crippen MR) is 44.8 cm³/mol. The molecule has 4 heteroatoms. The van der Waals surface area contributed by atoms with Crippen molar-refractivity contribution < 1.29 is 9.47 Å². The zero-order valence-electron chi connectivity index (χ0n) is 6.31. The Morgan fingerprint density at radius 2 is 2.55 bits per heavy atom. The van der Waals surface area contributed by atoms with E-state index < -0.39 is 0 Å². The number of halogens is 1. The van der Waals surface area contributed by atoms with E-state index in [1.54, 1.807) is 0 Å². The Morgan fingerprint density at radius 3 is 3.09 bits per heavy atom. The Bertz CT molecular complexity index is 147. The normalized spacial score (nSPS) is 43.9. The van der Waals surface area contributed by atoms with Crippen molar-refractivity contribution in [3.8, 4) is 0 Å². The molecule has 2 rings (SSSR count). The summed E-state index contributed by atoms with van der Waals surface area (Å²) in [6, 6.07) is 0. The second-order valence-corrected chi connectivity index (χ2v) is 3.69. The van der Waals surface area contributed by atoms with Gasteiger partial charge in [-0.3, -0.25) is 0 Å². The summed E-state index contributed by atoms with van der Waals surface area (Å²) in [6.07, 6.45) is 1.23. The molecule has 3 nitrogen and oxygen atoms in total. The fourth-order valence-electron chi connectivity index (χ4n) is 1.56. The maximum absolute atomic E-state index is 5.73. The summed E-state index contributed by atoms with van der Waals surface area (Å²) in [5.74, 6) is -0.279. The minimum Gasteiger partial charge on any atom is -0.346 e. The Hall–Kier alpha value is 0.360. The van der Waals surface area contributed by atoms with Crippen LogP contribution in [0.1, 0.15) is 6.42 Å². The molecular formula is C7H12BrNO2. The largest absolute Gasteiger partial charge is 0.346 e. The highest BCUT2D eigenvalue weighted by atomic mass is 79.9. The number of ether oxygens (including phenoxy) is 2. The Labute approximate surface area is 74.6 Å². The predicted octanol–water partition coefficient (Wildman–Crippen LogP) is 0.486. The number of rotatable bonds is 1. The van der Waals surface area contributed by atoms with Gasteiger partial charge < -0.3 is 14.8 Å². The molecule has 0 aromatic heterocycles. The summed E-state index contributed by atoms with van der Waals surface area (Å²) < 4.78 is 11.3. The lowest BCUT2D eigenvalue weighted by Gasteiger charge is -2.20. The van der Waals surface area contributed by atoms with Gasteiger partial charge in [0, 0.05) is 24.8 Å². The van der Waals surface area contributed by atoms with Crippen LogP contribution in [0.4, 0.5) is 0 Å². The number of nitrogens with one attached hydrogen (secondary N) is 1. The van der Waals surface area contributed by atoms with E-state index in [2.05, 4.69) is 21.2 Å². The van der Waals surface area contributed by atoms with Crippen LogP contribution in [0.2, 0.25) is 0 Å². The average molecular weight is 222 g/mol. The van der Waals surface area contributed by atoms with Crippen LogP contribution in [0, 0.1) is 0 Å². The van der Waals surface area contributed by atoms with Crippen molar-refractivity contribution in [2.75, 3.05) is 25.0 Å². The fraction of sp³-hybridized carbons (Fsp3) is 1.00. The van der Waals surface area contributed by atoms with Gasteiger partial charge in [0.2, 0.25) is 0 Å². The van der Waals surface area contributed by atoms with Crippen LogP contribution in [-0.4, -0.2) is 36.9 Å². The Balaban J connectivity index is 1.96. The summed E-state index contributed by atoms with van der Waals surface area (Å²) in [7, 11) is 0. The molecule has 2 heterocycles. The molecule has 0 aromatic rings. The van der Waals surface area contributed by atoms with Crippen LogP contribution in [0.25, 0.3) is 0 Å². The van der Waals surface area contributed by atoms with Crippen molar-refractivity contribution in [3.63, 3.8) is 0 Å². The molecule has 0 aromatic carbocycles. The van der Waals surface area contributed by atoms with Crippen LogP contribution in [0.3, 0.4) is 0 Å². The lowest BCUT2D eigenvalue weighted by Crippen LogP contribution is -2.33. The Kier molecular flexibility index (Phi) is 2.19. The van der Waals surface area contributed by atoms with Gasteiger partial charge in [-0.15, -0.1) is 0 Å². The quantitative estimate of drug-likeness (QED) is 0.655. The minimum absolute atomic E-state index is 0.245. The monoisotopic (exact) mass is 221 g/mol. The van der Waals surface area contributed by atoms with E-state index in [1.807, 2.05) is 0 Å². The SMILES string of the molecule is BrCC1COC2(CCNC2)O1. The van der Waals surface area contributed by atoms with E-state index in [1.165, 1.54) is 0 Å². The summed E-state index contributed by atoms with van der Waals surface area (Å²) in [5.41, 5.74) is 0. The lowest BCUT2D eigenvalue weighted by molar-refractivity contribution is -0.148. The third-order valence-electron chi connectivity index (χ3n) is 2.16. The molecule has 0 bridgehead atoms. The smallest absolute Gasteiger partial charge is 0.182 e. The summed E-state index contributed by atoms with van der Waals surface area (Å²) >= 11 is 3.38. The van der Waals surface area contributed by atoms with Gasteiger partial charge in [0.05, 0.1) is 12.7 Å². The first-order valence-electron chi connectivity index (χ1n) is 3.93. The molecule has 0 radical (unpaired) electrons. The third-order valence-corrected chi connectivity index (χ3v) is 2.89. The first-order chi connectivity index (χ1) is 5.35. The Morgan fingerprint density at radius 1 is 1.64 bits per heavy atom. The molecule has 2 atom stereocenters. The van der Waals surface area contributed by atoms with Crippen molar-refractivity contribution in [1.29, 1.82) is 0 Å². The van der Waals surface area contributed by atoms with Crippen LogP contribution < -0.4 is 5.32 Å². The van der Waals surface area contributed by atoms with Crippen LogP contribution in [0.5, 0.6) is 0 Å². The molecule has 2 fully saturated rings. The zero-order chi connectivity index (χ0) is 7.73. The number of alkyl halides is 1. The van der Waals surface area contributed by atoms with Crippen molar-refractivity contribution in [2.24, 2.45) is 0 Å². The number of hydrogen-bond acceptors (Lipinski definition) is 3. The van der Waals surface area contributed by atoms with Gasteiger partial charge in [0.25, 0.3) is 0 Å². The first-order valence-corrected chi connectivity index (χ1v) is 5.05. The highest BCUT2D eigenvalue weighted by Gasteiger charge is 2.43. The van der Waals surface area contributed by atoms with Crippen LogP contribution in [-0.2, 0) is 9.47 Å². The van der Waals surface area contributed by atoms with Crippen molar-refractivity contribution in [3.05, 3.63) is 0 Å². The van der Waals surface area contributed by atoms with Gasteiger partial charge in [-0.2, -0.15) is 0 Å². The van der Waals surface area contributed by atoms with Gasteiger partial charge in [-0.05, 0) is 0 Å². The first kappa shape index (κ1) is 7.98. The van der Waals surface area contributed by atoms with Gasteiger partial charge in [-0.1, -0.05) is 15.9 Å². The zero-order valence-corrected chi connectivity index (χ0v) is 7.89. The summed E-state index contributed by atoms with van der Waals surface area (Å²) in [6.45, 7) is 2.58. The molecule has 0 saturated carbocycles. The molecule has 0 amide bonds. The molecule has 2 aliphatic rings. The van der Waals surface area contributed by atoms with Gasteiger partial charge in [0.1, 0.15) is 0 Å². The maximum Gasteiger partial charge on any atom is 0.182 e. The van der Waals surface area contributed by atoms with E-state index >= 15 is 0 Å². The molecule has 1 N–H and O–H groups in total. The van der Waals surface area contributed by atoms with Crippen molar-refractivity contribution in [2.45, 2.75) is 18.3 Å². The van der Waals surface area contributed by atoms with E-state index in [0.717, 1.165) is 31.4 Å². The fourth-order valence-corrected chi connectivity index (χ4v) is 1.88. The molecule has 1 spiro atoms. The molecule has 2 unspecified atom stereocenters. The van der Waals surface area contributed by atoms with E-state index in [4.69, 9.17) is 9.47 Å². The lowest BCUT2D eigenvalue weighted by atomic mass is 10.2. The van der Waals surface area contributed by atoms with E-state index in [9.17, 15) is 0 Å². The highest BCUT2D eigenvalue weighted by molar-refractivity contribution is 9.09. The third kappa shape index (κ3) is 1.45. The minimum atomic E-state index is -0.279. The molecule has 0 aliphatic carbocycles. The van der Waals surface area contributed by atoms with E-state index in [0.29, 0.717) is 0 Å². The second kappa shape index (κ2) is 3.01. The molecule has 2 saturated heterocycles. The molecule has 64 valence electrons. The van der Waals surface area contributed by atoms with Crippen molar-refractivity contribution >= 4 is 15.9 Å². The summed E-state index contributed by atoms with van der Waals surface area (Å²) in [4.78, 5) is 0. The van der Waals surface area contributed by atoms with Crippen molar-refractivity contribution in [1.82, 2.24) is 5.32 Å². The van der Waals surface area contributed by atoms with Crippen LogP contribution in [0.15, 0.2) is 0 Å². The van der Waals surface area contributed by atoms with Crippen LogP contribution >= 0.6 is 15.9 Å². The summed E-state index contributed by atoms with van der Waals surface area (Å²) in [5, 5.41) is 4.10. The van der Waals surface area contributed by atoms with Gasteiger partial charge in [-0.25, -0.2) is 0 Å². The maximum atomic E-state index is 5.73. The average Bonchev–Trinajstić information content (AvgIpc) is 2.62. The second-order valence-electron chi connectivity index (χ2n) is 3.04. The topological polar surface area (TPSA) is 30.5 Å². The molecular weight excluding hydrogens is 210 g/mol.